The van der Waals surface area contributed by atoms with E-state index in [-0.39, 0.29) is 0 Å². The van der Waals surface area contributed by atoms with Crippen LogP contribution in [0.15, 0.2) is 72.8 Å². The number of rotatable bonds is 5. The van der Waals surface area contributed by atoms with Gasteiger partial charge in [-0.05, 0) is 74.0 Å². The summed E-state index contributed by atoms with van der Waals surface area (Å²) in [7, 11) is 0. The monoisotopic (exact) mass is 385 g/mol. The highest BCUT2D eigenvalue weighted by molar-refractivity contribution is 5.88. The summed E-state index contributed by atoms with van der Waals surface area (Å²) in [6.45, 7) is 3.73. The van der Waals surface area contributed by atoms with Gasteiger partial charge in [-0.2, -0.15) is 0 Å². The van der Waals surface area contributed by atoms with E-state index in [0.29, 0.717) is 6.10 Å². The molecule has 0 spiro atoms. The van der Waals surface area contributed by atoms with E-state index in [4.69, 9.17) is 4.74 Å². The molecule has 2 aliphatic rings. The first-order chi connectivity index (χ1) is 14.3. The van der Waals surface area contributed by atoms with Crippen molar-refractivity contribution in [3.63, 3.8) is 0 Å². The molecular weight excluding hydrogens is 354 g/mol. The Bertz CT molecular complexity index is 924. The van der Waals surface area contributed by atoms with Crippen molar-refractivity contribution in [1.82, 2.24) is 4.90 Å². The fourth-order valence-corrected chi connectivity index (χ4v) is 5.32. The number of fused-ring (bicyclic) bond motifs is 1. The summed E-state index contributed by atoms with van der Waals surface area (Å²) in [5.74, 6) is 2.58. The van der Waals surface area contributed by atoms with Gasteiger partial charge >= 0.3 is 0 Å². The van der Waals surface area contributed by atoms with Gasteiger partial charge in [-0.25, -0.2) is 0 Å². The smallest absolute Gasteiger partial charge is 0.127 e. The van der Waals surface area contributed by atoms with Gasteiger partial charge in [0, 0.05) is 11.9 Å². The number of hydrogen-bond acceptors (Lipinski definition) is 2. The Kier molecular flexibility index (Phi) is 5.53. The summed E-state index contributed by atoms with van der Waals surface area (Å²) in [6.07, 6.45) is 6.65. The summed E-state index contributed by atoms with van der Waals surface area (Å²) < 4.78 is 6.46. The molecule has 0 radical (unpaired) electrons. The molecule has 1 saturated carbocycles. The molecular formula is C27H31NO. The second-order valence-electron chi connectivity index (χ2n) is 8.88. The SMILES string of the molecule is c1ccc(C2CCN(CC3CCC(Oc4cccc5ccccc45)C3)CC2)cc1. The van der Waals surface area contributed by atoms with Gasteiger partial charge in [-0.15, -0.1) is 0 Å². The van der Waals surface area contributed by atoms with Gasteiger partial charge in [-0.3, -0.25) is 0 Å². The molecule has 2 fully saturated rings. The number of hydrogen-bond donors (Lipinski definition) is 0. The van der Waals surface area contributed by atoms with Crippen LogP contribution in [0.4, 0.5) is 0 Å². The lowest BCUT2D eigenvalue weighted by atomic mass is 9.89. The van der Waals surface area contributed by atoms with Crippen LogP contribution in [0.2, 0.25) is 0 Å². The molecule has 3 aromatic carbocycles. The Morgan fingerprint density at radius 3 is 2.38 bits per heavy atom. The van der Waals surface area contributed by atoms with Gasteiger partial charge in [0.25, 0.3) is 0 Å². The number of likely N-dealkylation sites (tertiary alicyclic amines) is 1. The third kappa shape index (κ3) is 4.33. The van der Waals surface area contributed by atoms with E-state index in [1.807, 2.05) is 0 Å². The second-order valence-corrected chi connectivity index (χ2v) is 8.88. The minimum absolute atomic E-state index is 0.368. The number of benzene rings is 3. The van der Waals surface area contributed by atoms with Crippen molar-refractivity contribution < 1.29 is 4.74 Å². The lowest BCUT2D eigenvalue weighted by molar-refractivity contribution is 0.168. The number of ether oxygens (including phenoxy) is 1. The van der Waals surface area contributed by atoms with Crippen molar-refractivity contribution >= 4 is 10.8 Å². The molecule has 2 unspecified atom stereocenters. The summed E-state index contributed by atoms with van der Waals surface area (Å²) in [5, 5.41) is 2.50. The Labute approximate surface area is 174 Å². The summed E-state index contributed by atoms with van der Waals surface area (Å²) in [6, 6.07) is 26.0. The minimum atomic E-state index is 0.368. The topological polar surface area (TPSA) is 12.5 Å². The maximum atomic E-state index is 6.46. The van der Waals surface area contributed by atoms with Crippen LogP contribution in [0.3, 0.4) is 0 Å². The maximum Gasteiger partial charge on any atom is 0.127 e. The molecule has 1 aliphatic carbocycles. The molecule has 0 aromatic heterocycles. The zero-order valence-electron chi connectivity index (χ0n) is 17.2. The fraction of sp³-hybridized carbons (Fsp3) is 0.407. The largest absolute Gasteiger partial charge is 0.490 e. The van der Waals surface area contributed by atoms with E-state index in [9.17, 15) is 0 Å². The molecule has 3 aromatic rings. The van der Waals surface area contributed by atoms with Gasteiger partial charge in [0.15, 0.2) is 0 Å². The molecule has 0 N–H and O–H groups in total. The lowest BCUT2D eigenvalue weighted by Crippen LogP contribution is -2.36. The normalized spacial score (nSPS) is 23.4. The first kappa shape index (κ1) is 18.7. The minimum Gasteiger partial charge on any atom is -0.490 e. The molecule has 29 heavy (non-hydrogen) atoms. The zero-order valence-corrected chi connectivity index (χ0v) is 17.2. The average molecular weight is 386 g/mol. The van der Waals surface area contributed by atoms with Crippen LogP contribution < -0.4 is 4.74 Å². The van der Waals surface area contributed by atoms with Crippen molar-refractivity contribution in [3.05, 3.63) is 78.4 Å². The number of nitrogens with zero attached hydrogens (tertiary/aromatic N) is 1. The molecule has 0 bridgehead atoms. The first-order valence-electron chi connectivity index (χ1n) is 11.3. The second kappa shape index (κ2) is 8.59. The van der Waals surface area contributed by atoms with Crippen LogP contribution in [0.5, 0.6) is 5.75 Å². The Morgan fingerprint density at radius 2 is 1.52 bits per heavy atom. The highest BCUT2D eigenvalue weighted by Gasteiger charge is 2.29. The Morgan fingerprint density at radius 1 is 0.759 bits per heavy atom. The van der Waals surface area contributed by atoms with Gasteiger partial charge in [-0.1, -0.05) is 66.7 Å². The van der Waals surface area contributed by atoms with E-state index < -0.39 is 0 Å². The van der Waals surface area contributed by atoms with E-state index in [2.05, 4.69) is 77.7 Å². The maximum absolute atomic E-state index is 6.46. The van der Waals surface area contributed by atoms with Gasteiger partial charge in [0.2, 0.25) is 0 Å². The standard InChI is InChI=1S/C27H31NO/c1-2-7-22(8-3-1)23-15-17-28(18-16-23)20-21-13-14-25(19-21)29-27-12-6-10-24-9-4-5-11-26(24)27/h1-12,21,23,25H,13-20H2. The van der Waals surface area contributed by atoms with Crippen LogP contribution in [0.1, 0.15) is 43.6 Å². The molecule has 1 aliphatic heterocycles. The molecule has 2 heteroatoms. The number of piperidine rings is 1. The average Bonchev–Trinajstić information content (AvgIpc) is 3.22. The van der Waals surface area contributed by atoms with Gasteiger partial charge in [0.05, 0.1) is 6.10 Å². The predicted octanol–water partition coefficient (Wildman–Crippen LogP) is 6.27. The third-order valence-electron chi connectivity index (χ3n) is 6.91. The van der Waals surface area contributed by atoms with Crippen LogP contribution >= 0.6 is 0 Å². The molecule has 2 atom stereocenters. The van der Waals surface area contributed by atoms with Crippen LogP contribution in [-0.2, 0) is 0 Å². The van der Waals surface area contributed by atoms with Crippen molar-refractivity contribution in [3.8, 4) is 5.75 Å². The van der Waals surface area contributed by atoms with Crippen molar-refractivity contribution in [1.29, 1.82) is 0 Å². The molecule has 5 rings (SSSR count). The predicted molar refractivity (Wildman–Crippen MR) is 121 cm³/mol. The van der Waals surface area contributed by atoms with Crippen LogP contribution in [0.25, 0.3) is 10.8 Å². The third-order valence-corrected chi connectivity index (χ3v) is 6.91. The molecule has 1 saturated heterocycles. The van der Waals surface area contributed by atoms with Crippen LogP contribution in [-0.4, -0.2) is 30.6 Å². The summed E-state index contributed by atoms with van der Waals surface area (Å²) >= 11 is 0. The molecule has 1 heterocycles. The van der Waals surface area contributed by atoms with Crippen molar-refractivity contribution in [2.75, 3.05) is 19.6 Å². The molecule has 150 valence electrons. The van der Waals surface area contributed by atoms with E-state index in [0.717, 1.165) is 17.6 Å². The van der Waals surface area contributed by atoms with Crippen molar-refractivity contribution in [2.45, 2.75) is 44.1 Å². The highest BCUT2D eigenvalue weighted by Crippen LogP contribution is 2.34. The zero-order chi connectivity index (χ0) is 19.5. The fourth-order valence-electron chi connectivity index (χ4n) is 5.32. The van der Waals surface area contributed by atoms with E-state index in [1.165, 1.54) is 68.1 Å². The first-order valence-corrected chi connectivity index (χ1v) is 11.3. The highest BCUT2D eigenvalue weighted by atomic mass is 16.5. The summed E-state index contributed by atoms with van der Waals surface area (Å²) in [4.78, 5) is 2.70. The quantitative estimate of drug-likeness (QED) is 0.513. The van der Waals surface area contributed by atoms with Crippen molar-refractivity contribution in [2.24, 2.45) is 5.92 Å². The van der Waals surface area contributed by atoms with E-state index in [1.54, 1.807) is 0 Å². The van der Waals surface area contributed by atoms with Gasteiger partial charge < -0.3 is 9.64 Å². The molecule has 2 nitrogen and oxygen atoms in total. The molecule has 0 amide bonds. The van der Waals surface area contributed by atoms with Gasteiger partial charge in [0.1, 0.15) is 5.75 Å². The van der Waals surface area contributed by atoms with Crippen LogP contribution in [0, 0.1) is 5.92 Å². The summed E-state index contributed by atoms with van der Waals surface area (Å²) in [5.41, 5.74) is 1.52. The lowest BCUT2D eigenvalue weighted by Gasteiger charge is -2.33. The van der Waals surface area contributed by atoms with E-state index >= 15 is 0 Å². The Balaban J connectivity index is 1.13. The Hall–Kier alpha value is -2.32.